The molecule has 1 saturated carbocycles. The zero-order chi connectivity index (χ0) is 18.1. The molecule has 1 aromatic rings. The summed E-state index contributed by atoms with van der Waals surface area (Å²) in [5, 5.41) is 6.81. The van der Waals surface area contributed by atoms with Crippen LogP contribution in [0, 0.1) is 0 Å². The smallest absolute Gasteiger partial charge is 0.341 e. The molecule has 0 heterocycles. The molecule has 2 rings (SSSR count). The van der Waals surface area contributed by atoms with E-state index in [9.17, 15) is 4.79 Å². The second kappa shape index (κ2) is 12.0. The maximum absolute atomic E-state index is 11.9. The van der Waals surface area contributed by atoms with Crippen molar-refractivity contribution in [1.82, 2.24) is 10.6 Å². The van der Waals surface area contributed by atoms with Gasteiger partial charge in [-0.05, 0) is 37.5 Å². The molecule has 0 amide bonds. The molecule has 0 unspecified atom stereocenters. The number of carbonyl (C=O) groups excluding carboxylic acids is 1. The SMILES string of the molecule is CCNC(=NCc1ccc(OC)c(C(=O)OC)c1)NC1CCCCC1.I. The Balaban J connectivity index is 0.00000338. The Labute approximate surface area is 173 Å². The fourth-order valence-corrected chi connectivity index (χ4v) is 3.05. The van der Waals surface area contributed by atoms with Crippen LogP contribution in [0.3, 0.4) is 0 Å². The van der Waals surface area contributed by atoms with E-state index in [1.54, 1.807) is 12.1 Å². The van der Waals surface area contributed by atoms with Crippen molar-refractivity contribution in [2.75, 3.05) is 20.8 Å². The average Bonchev–Trinajstić information content (AvgIpc) is 2.66. The second-order valence-corrected chi connectivity index (χ2v) is 6.20. The van der Waals surface area contributed by atoms with E-state index in [0.717, 1.165) is 18.1 Å². The number of guanidine groups is 1. The fourth-order valence-electron chi connectivity index (χ4n) is 3.05. The maximum Gasteiger partial charge on any atom is 0.341 e. The Hall–Kier alpha value is -1.51. The summed E-state index contributed by atoms with van der Waals surface area (Å²) in [7, 11) is 2.90. The zero-order valence-electron chi connectivity index (χ0n) is 15.8. The monoisotopic (exact) mass is 475 g/mol. The molecule has 1 aliphatic carbocycles. The highest BCUT2D eigenvalue weighted by Crippen LogP contribution is 2.21. The van der Waals surface area contributed by atoms with Gasteiger partial charge in [-0.1, -0.05) is 25.3 Å². The summed E-state index contributed by atoms with van der Waals surface area (Å²) >= 11 is 0. The molecule has 0 aromatic heterocycles. The number of nitrogens with one attached hydrogen (secondary N) is 2. The topological polar surface area (TPSA) is 72.0 Å². The van der Waals surface area contributed by atoms with E-state index in [4.69, 9.17) is 9.47 Å². The number of hydrogen-bond acceptors (Lipinski definition) is 4. The van der Waals surface area contributed by atoms with Crippen LogP contribution in [0.2, 0.25) is 0 Å². The lowest BCUT2D eigenvalue weighted by molar-refractivity contribution is 0.0597. The normalized spacial score (nSPS) is 15.0. The van der Waals surface area contributed by atoms with Crippen molar-refractivity contribution in [2.45, 2.75) is 51.6 Å². The first-order valence-corrected chi connectivity index (χ1v) is 8.98. The number of halogens is 1. The van der Waals surface area contributed by atoms with Gasteiger partial charge in [0.05, 0.1) is 20.8 Å². The standard InChI is InChI=1S/C19H29N3O3.HI/c1-4-20-19(22-15-8-6-5-7-9-15)21-13-14-10-11-17(24-2)16(12-14)18(23)25-3;/h10-12,15H,4-9,13H2,1-3H3,(H2,20,21,22);1H. The molecule has 0 atom stereocenters. The van der Waals surface area contributed by atoms with Gasteiger partial charge in [0, 0.05) is 12.6 Å². The van der Waals surface area contributed by atoms with Crippen molar-refractivity contribution in [3.8, 4) is 5.75 Å². The predicted octanol–water partition coefficient (Wildman–Crippen LogP) is 3.49. The summed E-state index contributed by atoms with van der Waals surface area (Å²) in [6, 6.07) is 5.96. The van der Waals surface area contributed by atoms with Gasteiger partial charge in [0.2, 0.25) is 0 Å². The number of esters is 1. The molecule has 0 radical (unpaired) electrons. The summed E-state index contributed by atoms with van der Waals surface area (Å²) < 4.78 is 10.0. The molecule has 1 fully saturated rings. The third-order valence-electron chi connectivity index (χ3n) is 4.38. The highest BCUT2D eigenvalue weighted by Gasteiger charge is 2.15. The number of nitrogens with zero attached hydrogens (tertiary/aromatic N) is 1. The molecule has 0 aliphatic heterocycles. The van der Waals surface area contributed by atoms with E-state index in [0.29, 0.717) is 23.9 Å². The lowest BCUT2D eigenvalue weighted by atomic mass is 9.96. The second-order valence-electron chi connectivity index (χ2n) is 6.20. The first-order valence-electron chi connectivity index (χ1n) is 8.98. The molecule has 2 N–H and O–H groups in total. The van der Waals surface area contributed by atoms with Crippen LogP contribution in [0.25, 0.3) is 0 Å². The van der Waals surface area contributed by atoms with Crippen LogP contribution in [-0.4, -0.2) is 38.7 Å². The predicted molar refractivity (Wildman–Crippen MR) is 115 cm³/mol. The third-order valence-corrected chi connectivity index (χ3v) is 4.38. The molecule has 146 valence electrons. The number of benzene rings is 1. The molecule has 1 aromatic carbocycles. The number of methoxy groups -OCH3 is 2. The van der Waals surface area contributed by atoms with E-state index < -0.39 is 5.97 Å². The van der Waals surface area contributed by atoms with Crippen LogP contribution < -0.4 is 15.4 Å². The molecule has 1 aliphatic rings. The van der Waals surface area contributed by atoms with Gasteiger partial charge >= 0.3 is 5.97 Å². The Kier molecular flexibility index (Phi) is 10.4. The number of aliphatic imine (C=N–C) groups is 1. The van der Waals surface area contributed by atoms with Crippen LogP contribution >= 0.6 is 24.0 Å². The molecule has 0 bridgehead atoms. The van der Waals surface area contributed by atoms with E-state index in [1.807, 2.05) is 6.07 Å². The number of ether oxygens (including phenoxy) is 2. The molecule has 7 heteroatoms. The molecule has 0 saturated heterocycles. The molecule has 26 heavy (non-hydrogen) atoms. The number of carbonyl (C=O) groups is 1. The zero-order valence-corrected chi connectivity index (χ0v) is 18.2. The minimum Gasteiger partial charge on any atom is -0.496 e. The average molecular weight is 475 g/mol. The molecule has 0 spiro atoms. The largest absolute Gasteiger partial charge is 0.496 e. The summed E-state index contributed by atoms with van der Waals surface area (Å²) in [4.78, 5) is 16.5. The summed E-state index contributed by atoms with van der Waals surface area (Å²) in [6.07, 6.45) is 6.27. The van der Waals surface area contributed by atoms with E-state index in [2.05, 4.69) is 22.5 Å². The highest BCUT2D eigenvalue weighted by atomic mass is 127. The van der Waals surface area contributed by atoms with Crippen molar-refractivity contribution in [3.63, 3.8) is 0 Å². The molecular formula is C19H30IN3O3. The summed E-state index contributed by atoms with van der Waals surface area (Å²) in [5.74, 6) is 0.923. The van der Waals surface area contributed by atoms with Crippen LogP contribution in [0.4, 0.5) is 0 Å². The Morgan fingerprint density at radius 3 is 2.58 bits per heavy atom. The lowest BCUT2D eigenvalue weighted by Gasteiger charge is -2.24. The van der Waals surface area contributed by atoms with Gasteiger partial charge in [0.25, 0.3) is 0 Å². The van der Waals surface area contributed by atoms with Gasteiger partial charge in [-0.25, -0.2) is 9.79 Å². The van der Waals surface area contributed by atoms with Gasteiger partial charge in [-0.2, -0.15) is 0 Å². The first kappa shape index (κ1) is 22.5. The van der Waals surface area contributed by atoms with Crippen molar-refractivity contribution < 1.29 is 14.3 Å². The summed E-state index contributed by atoms with van der Waals surface area (Å²) in [6.45, 7) is 3.35. The van der Waals surface area contributed by atoms with Gasteiger partial charge in [-0.3, -0.25) is 0 Å². The van der Waals surface area contributed by atoms with Gasteiger partial charge in [-0.15, -0.1) is 24.0 Å². The van der Waals surface area contributed by atoms with Crippen LogP contribution in [-0.2, 0) is 11.3 Å². The van der Waals surface area contributed by atoms with E-state index in [-0.39, 0.29) is 24.0 Å². The Morgan fingerprint density at radius 1 is 1.23 bits per heavy atom. The van der Waals surface area contributed by atoms with Crippen molar-refractivity contribution >= 4 is 35.9 Å². The lowest BCUT2D eigenvalue weighted by Crippen LogP contribution is -2.44. The third kappa shape index (κ3) is 6.66. The van der Waals surface area contributed by atoms with E-state index in [1.165, 1.54) is 46.3 Å². The Bertz CT molecular complexity index is 602. The maximum atomic E-state index is 11.9. The van der Waals surface area contributed by atoms with Crippen LogP contribution in [0.1, 0.15) is 54.9 Å². The van der Waals surface area contributed by atoms with Crippen molar-refractivity contribution in [2.24, 2.45) is 4.99 Å². The highest BCUT2D eigenvalue weighted by molar-refractivity contribution is 14.0. The van der Waals surface area contributed by atoms with Crippen LogP contribution in [0.5, 0.6) is 5.75 Å². The number of rotatable bonds is 6. The van der Waals surface area contributed by atoms with Crippen molar-refractivity contribution in [3.05, 3.63) is 29.3 Å². The summed E-state index contributed by atoms with van der Waals surface area (Å²) in [5.41, 5.74) is 1.35. The van der Waals surface area contributed by atoms with Gasteiger partial charge in [0.1, 0.15) is 11.3 Å². The molecule has 6 nitrogen and oxygen atoms in total. The van der Waals surface area contributed by atoms with Crippen molar-refractivity contribution in [1.29, 1.82) is 0 Å². The quantitative estimate of drug-likeness (QED) is 0.285. The fraction of sp³-hybridized carbons (Fsp3) is 0.579. The first-order chi connectivity index (χ1) is 12.2. The van der Waals surface area contributed by atoms with E-state index >= 15 is 0 Å². The number of hydrogen-bond donors (Lipinski definition) is 2. The Morgan fingerprint density at radius 2 is 1.96 bits per heavy atom. The minimum atomic E-state index is -0.407. The van der Waals surface area contributed by atoms with Gasteiger partial charge in [0.15, 0.2) is 5.96 Å². The molecular weight excluding hydrogens is 445 g/mol. The van der Waals surface area contributed by atoms with Crippen LogP contribution in [0.15, 0.2) is 23.2 Å². The minimum absolute atomic E-state index is 0. The van der Waals surface area contributed by atoms with Gasteiger partial charge < -0.3 is 20.1 Å².